The number of carboxylic acid groups (broad SMARTS) is 2. The average molecular weight is 1240 g/mol. The maximum Gasteiger partial charge on any atom is 0.305 e. The van der Waals surface area contributed by atoms with Crippen molar-refractivity contribution in [3.63, 3.8) is 0 Å². The van der Waals surface area contributed by atoms with E-state index in [0.29, 0.717) is 5.56 Å². The molecule has 8 unspecified atom stereocenters. The minimum absolute atomic E-state index is 0.0162. The Morgan fingerprint density at radius 2 is 0.953 bits per heavy atom. The van der Waals surface area contributed by atoms with Crippen molar-refractivity contribution < 1.29 is 87.1 Å². The number of aromatic hydroxyl groups is 1. The number of amides is 11. The summed E-state index contributed by atoms with van der Waals surface area (Å²) in [6.45, 7) is 13.0. The summed E-state index contributed by atoms with van der Waals surface area (Å²) < 4.78 is 10.6. The molecule has 31 heteroatoms. The highest BCUT2D eigenvalue weighted by atomic mass is 35.5. The highest BCUT2D eigenvalue weighted by Crippen LogP contribution is 2.13. The van der Waals surface area contributed by atoms with E-state index >= 15 is 0 Å². The van der Waals surface area contributed by atoms with Crippen molar-refractivity contribution in [2.24, 2.45) is 11.5 Å². The number of nitrogens with one attached hydrogen (secondary N) is 9. The number of halogens is 1. The van der Waals surface area contributed by atoms with Gasteiger partial charge < -0.3 is 84.1 Å². The van der Waals surface area contributed by atoms with Crippen LogP contribution in [0.4, 0.5) is 0 Å². The fraction of sp³-hybridized carbons (Fsp3) is 0.463. The summed E-state index contributed by atoms with van der Waals surface area (Å²) in [4.78, 5) is 169. The number of hydrogen-bond acceptors (Lipinski definition) is 17. The Morgan fingerprint density at radius 3 is 1.41 bits per heavy atom. The number of phenols is 1. The van der Waals surface area contributed by atoms with Gasteiger partial charge in [-0.2, -0.15) is 12.6 Å². The molecule has 0 aromatic heterocycles. The monoisotopic (exact) mass is 1240 g/mol. The molecule has 11 amide bonds. The first-order valence-electron chi connectivity index (χ1n) is 26.5. The van der Waals surface area contributed by atoms with Gasteiger partial charge in [-0.05, 0) is 29.7 Å². The summed E-state index contributed by atoms with van der Waals surface area (Å²) in [6, 6.07) is 0.154. The highest BCUT2D eigenvalue weighted by Gasteiger charge is 2.35. The van der Waals surface area contributed by atoms with Crippen LogP contribution in [0.1, 0.15) is 64.5 Å². The molecule has 0 radical (unpaired) electrons. The molecule has 470 valence electrons. The van der Waals surface area contributed by atoms with E-state index < -0.39 is 176 Å². The fourth-order valence-electron chi connectivity index (χ4n) is 6.98. The minimum Gasteiger partial charge on any atom is -0.508 e. The molecule has 2 aromatic carbocycles. The number of alkyl halides is 1. The van der Waals surface area contributed by atoms with Crippen molar-refractivity contribution in [1.29, 1.82) is 0 Å². The van der Waals surface area contributed by atoms with Crippen molar-refractivity contribution in [2.75, 3.05) is 44.6 Å². The molecule has 0 saturated heterocycles. The van der Waals surface area contributed by atoms with E-state index in [1.807, 2.05) is 27.7 Å². The molecule has 0 heterocycles. The fourth-order valence-corrected chi connectivity index (χ4v) is 7.33. The van der Waals surface area contributed by atoms with Gasteiger partial charge in [-0.15, -0.1) is 24.8 Å². The molecular weight excluding hydrogens is 1160 g/mol. The molecule has 2 aromatic rings. The largest absolute Gasteiger partial charge is 0.508 e. The lowest BCUT2D eigenvalue weighted by Gasteiger charge is -2.26. The van der Waals surface area contributed by atoms with Crippen molar-refractivity contribution in [3.8, 4) is 5.75 Å². The lowest BCUT2D eigenvalue weighted by Crippen LogP contribution is -2.61. The Labute approximate surface area is 501 Å². The Balaban J connectivity index is 0.0000172. The number of carboxylic acids is 2. The second-order valence-electron chi connectivity index (χ2n) is 17.5. The van der Waals surface area contributed by atoms with Gasteiger partial charge in [0.05, 0.1) is 45.8 Å². The molecule has 0 fully saturated rings. The van der Waals surface area contributed by atoms with Crippen LogP contribution in [0.3, 0.4) is 0 Å². The van der Waals surface area contributed by atoms with Gasteiger partial charge in [0.25, 0.3) is 0 Å². The summed E-state index contributed by atoms with van der Waals surface area (Å²) in [5, 5.41) is 49.8. The maximum atomic E-state index is 14.1. The number of primary amides is 2. The lowest BCUT2D eigenvalue weighted by atomic mass is 10.0. The van der Waals surface area contributed by atoms with E-state index in [0.717, 1.165) is 0 Å². The van der Waals surface area contributed by atoms with E-state index in [1.54, 1.807) is 30.3 Å². The van der Waals surface area contributed by atoms with Gasteiger partial charge in [0, 0.05) is 25.0 Å². The average Bonchev–Trinajstić information content (AvgIpc) is 3.65. The third-order valence-corrected chi connectivity index (χ3v) is 11.6. The first-order valence-corrected chi connectivity index (χ1v) is 27.6. The van der Waals surface area contributed by atoms with Gasteiger partial charge in [-0.25, -0.2) is 0 Å². The van der Waals surface area contributed by atoms with Crippen LogP contribution in [0.15, 0.2) is 79.9 Å². The van der Waals surface area contributed by atoms with E-state index in [2.05, 4.69) is 73.6 Å². The van der Waals surface area contributed by atoms with Gasteiger partial charge in [0.2, 0.25) is 65.0 Å². The van der Waals surface area contributed by atoms with Crippen molar-refractivity contribution >= 4 is 101 Å². The van der Waals surface area contributed by atoms with Gasteiger partial charge in [0.1, 0.15) is 60.0 Å². The standard InChI is InChI=1S/C50H66ClN11O18S.2C2H6/c1-3-16-79-24-35(56-39(65)22-51)49(77)58-32(18-27-8-6-5-7-9-27)46(74)57-30(14-15-41(67)68)44(72)54-23-40(66)55-31(19-28-10-12-29(63)13-11-28)45(73)60-34(21-42(69)70)48(76)59-33(20-38(52)64)47(75)61-36(25-80-17-4-2)50(78)62-37(26-81)43(53)71;2*1-2/h3-13,30-37,63,81H,1-2,14-26H2,(H2,52,64)(H2,53,71)(H,54,72)(H,55,66)(H,56,65)(H,57,74)(H,58,77)(H,59,76)(H,60,73)(H,61,75)(H,62,78)(H,67,68)(H,69,70);2*1-2H3. The molecule has 0 spiro atoms. The zero-order valence-corrected chi connectivity index (χ0v) is 49.2. The molecule has 0 aliphatic heterocycles. The minimum atomic E-state index is -2.08. The molecule has 0 bridgehead atoms. The smallest absolute Gasteiger partial charge is 0.305 e. The number of aliphatic carboxylic acids is 2. The normalized spacial score (nSPS) is 13.2. The Bertz CT molecular complexity index is 2570. The molecule has 29 nitrogen and oxygen atoms in total. The van der Waals surface area contributed by atoms with Crippen LogP contribution in [-0.4, -0.2) is 185 Å². The molecule has 2 rings (SSSR count). The van der Waals surface area contributed by atoms with E-state index in [9.17, 15) is 77.6 Å². The Hall–Kier alpha value is -8.61. The van der Waals surface area contributed by atoms with Crippen LogP contribution in [0.25, 0.3) is 0 Å². The number of thiol groups is 1. The SMILES string of the molecule is C=CCOCC(NC(=O)CCl)C(=O)NC(Cc1ccccc1)C(=O)NC(CCC(=O)O)C(=O)NCC(=O)NC(Cc1ccc(O)cc1)C(=O)NC(CC(=O)O)C(=O)NC(CC(N)=O)C(=O)NC(COCC=C)C(=O)NC(CS)C(N)=O.CC.CC. The number of carbonyl (C=O) groups is 13. The predicted octanol–water partition coefficient (Wildman–Crippen LogP) is -2.50. The van der Waals surface area contributed by atoms with Crippen LogP contribution in [0.5, 0.6) is 5.75 Å². The third-order valence-electron chi connectivity index (χ3n) is 11.0. The summed E-state index contributed by atoms with van der Waals surface area (Å²) in [5.74, 6) is -16.0. The Morgan fingerprint density at radius 1 is 0.541 bits per heavy atom. The zero-order chi connectivity index (χ0) is 64.6. The molecule has 0 saturated carbocycles. The van der Waals surface area contributed by atoms with Gasteiger partial charge in [-0.1, -0.05) is 82.3 Å². The first-order chi connectivity index (χ1) is 40.4. The van der Waals surface area contributed by atoms with E-state index in [1.165, 1.54) is 36.4 Å². The number of ether oxygens (including phenoxy) is 2. The predicted molar refractivity (Wildman–Crippen MR) is 312 cm³/mol. The topological polar surface area (TPSA) is 461 Å². The number of rotatable bonds is 39. The second-order valence-corrected chi connectivity index (χ2v) is 18.1. The van der Waals surface area contributed by atoms with Crippen LogP contribution in [0.2, 0.25) is 0 Å². The van der Waals surface area contributed by atoms with E-state index in [4.69, 9.17) is 32.5 Å². The van der Waals surface area contributed by atoms with Crippen LogP contribution in [0, 0.1) is 0 Å². The number of nitrogens with two attached hydrogens (primary N) is 2. The van der Waals surface area contributed by atoms with Crippen molar-refractivity contribution in [3.05, 3.63) is 91.0 Å². The molecule has 0 aliphatic rings. The summed E-state index contributed by atoms with van der Waals surface area (Å²) in [7, 11) is 0. The lowest BCUT2D eigenvalue weighted by molar-refractivity contribution is -0.142. The molecule has 8 atom stereocenters. The van der Waals surface area contributed by atoms with Crippen molar-refractivity contribution in [2.45, 2.75) is 115 Å². The summed E-state index contributed by atoms with van der Waals surface area (Å²) >= 11 is 9.60. The number of hydrogen-bond donors (Lipinski definition) is 15. The maximum absolute atomic E-state index is 14.1. The number of benzene rings is 2. The Kier molecular flexibility index (Phi) is 38.7. The van der Waals surface area contributed by atoms with Crippen LogP contribution in [-0.2, 0) is 84.6 Å². The highest BCUT2D eigenvalue weighted by molar-refractivity contribution is 7.80. The van der Waals surface area contributed by atoms with Crippen molar-refractivity contribution in [1.82, 2.24) is 47.9 Å². The number of phenolic OH excluding ortho intramolecular Hbond substituents is 1. The summed E-state index contributed by atoms with van der Waals surface area (Å²) in [5.41, 5.74) is 11.4. The third kappa shape index (κ3) is 31.6. The van der Waals surface area contributed by atoms with Crippen LogP contribution >= 0.6 is 24.2 Å². The molecule has 16 N–H and O–H groups in total. The first kappa shape index (κ1) is 76.4. The molecule has 0 aliphatic carbocycles. The zero-order valence-electron chi connectivity index (χ0n) is 47.5. The molecular formula is C54H78ClN11O18S. The van der Waals surface area contributed by atoms with Gasteiger partial charge in [-0.3, -0.25) is 62.3 Å². The molecule has 85 heavy (non-hydrogen) atoms. The summed E-state index contributed by atoms with van der Waals surface area (Å²) in [6.07, 6.45) is -1.30. The van der Waals surface area contributed by atoms with Gasteiger partial charge >= 0.3 is 11.9 Å². The van der Waals surface area contributed by atoms with Gasteiger partial charge in [0.15, 0.2) is 0 Å². The van der Waals surface area contributed by atoms with E-state index in [-0.39, 0.29) is 43.3 Å². The van der Waals surface area contributed by atoms with Crippen LogP contribution < -0.4 is 59.3 Å². The number of carbonyl (C=O) groups excluding carboxylic acids is 11. The second kappa shape index (κ2) is 43.1. The quantitative estimate of drug-likeness (QED) is 0.0142.